The van der Waals surface area contributed by atoms with Crippen molar-refractivity contribution in [3.63, 3.8) is 0 Å². The van der Waals surface area contributed by atoms with E-state index in [-0.39, 0.29) is 5.91 Å². The summed E-state index contributed by atoms with van der Waals surface area (Å²) in [4.78, 5) is 19.0. The predicted octanol–water partition coefficient (Wildman–Crippen LogP) is 6.12. The average Bonchev–Trinajstić information content (AvgIpc) is 3.42. The first kappa shape index (κ1) is 18.0. The number of hydrogen-bond donors (Lipinski definition) is 0. The van der Waals surface area contributed by atoms with Gasteiger partial charge in [-0.3, -0.25) is 9.69 Å². The topological polar surface area (TPSA) is 46.3 Å². The van der Waals surface area contributed by atoms with Gasteiger partial charge in [0.1, 0.15) is 0 Å². The zero-order valence-electron chi connectivity index (χ0n) is 15.6. The third-order valence-electron chi connectivity index (χ3n) is 5.30. The Bertz CT molecular complexity index is 877. The Balaban J connectivity index is 1.52. The fourth-order valence-electron chi connectivity index (χ4n) is 3.78. The van der Waals surface area contributed by atoms with Crippen LogP contribution in [0.3, 0.4) is 0 Å². The molecule has 1 amide bonds. The van der Waals surface area contributed by atoms with E-state index in [1.807, 2.05) is 12.3 Å². The van der Waals surface area contributed by atoms with Crippen LogP contribution in [0.15, 0.2) is 52.5 Å². The van der Waals surface area contributed by atoms with Gasteiger partial charge >= 0.3 is 0 Å². The number of benzene rings is 1. The van der Waals surface area contributed by atoms with Crippen molar-refractivity contribution in [2.45, 2.75) is 44.9 Å². The van der Waals surface area contributed by atoms with Crippen molar-refractivity contribution in [3.8, 4) is 11.3 Å². The van der Waals surface area contributed by atoms with Gasteiger partial charge in [-0.1, -0.05) is 43.5 Å². The molecule has 5 heteroatoms. The highest BCUT2D eigenvalue weighted by atomic mass is 32.1. The van der Waals surface area contributed by atoms with E-state index in [4.69, 9.17) is 9.40 Å². The maximum Gasteiger partial charge on any atom is 0.295 e. The summed E-state index contributed by atoms with van der Waals surface area (Å²) in [5.74, 6) is 0.891. The van der Waals surface area contributed by atoms with Gasteiger partial charge in [-0.05, 0) is 43.4 Å². The number of thiazole rings is 1. The fraction of sp³-hybridized carbons (Fsp3) is 0.364. The van der Waals surface area contributed by atoms with Gasteiger partial charge in [0, 0.05) is 17.5 Å². The van der Waals surface area contributed by atoms with E-state index in [1.54, 1.807) is 17.0 Å². The van der Waals surface area contributed by atoms with E-state index < -0.39 is 0 Å². The third kappa shape index (κ3) is 3.83. The summed E-state index contributed by atoms with van der Waals surface area (Å²) in [6.07, 6.45) is 8.20. The molecule has 1 aliphatic carbocycles. The number of aromatic nitrogens is 1. The summed E-state index contributed by atoms with van der Waals surface area (Å²) >= 11 is 1.49. The van der Waals surface area contributed by atoms with Crippen molar-refractivity contribution < 1.29 is 9.21 Å². The van der Waals surface area contributed by atoms with Crippen molar-refractivity contribution in [2.75, 3.05) is 11.4 Å². The molecule has 0 unspecified atom stereocenters. The molecule has 1 saturated carbocycles. The van der Waals surface area contributed by atoms with Crippen LogP contribution in [-0.4, -0.2) is 17.4 Å². The van der Waals surface area contributed by atoms with Gasteiger partial charge in [-0.25, -0.2) is 4.98 Å². The molecule has 0 spiro atoms. The minimum atomic E-state index is -0.156. The number of rotatable bonds is 5. The van der Waals surface area contributed by atoms with Crippen molar-refractivity contribution in [1.29, 1.82) is 0 Å². The number of carbonyl (C=O) groups is 1. The van der Waals surface area contributed by atoms with E-state index in [1.165, 1.54) is 55.3 Å². The molecule has 1 fully saturated rings. The molecule has 1 aliphatic rings. The molecule has 27 heavy (non-hydrogen) atoms. The van der Waals surface area contributed by atoms with Gasteiger partial charge in [0.25, 0.3) is 5.91 Å². The number of amides is 1. The van der Waals surface area contributed by atoms with Gasteiger partial charge in [0.05, 0.1) is 12.0 Å². The second-order valence-electron chi connectivity index (χ2n) is 7.00. The van der Waals surface area contributed by atoms with Crippen LogP contribution in [0, 0.1) is 0 Å². The lowest BCUT2D eigenvalue weighted by atomic mass is 9.84. The molecule has 0 saturated heterocycles. The highest BCUT2D eigenvalue weighted by Gasteiger charge is 2.21. The molecule has 4 nitrogen and oxygen atoms in total. The van der Waals surface area contributed by atoms with Crippen molar-refractivity contribution in [1.82, 2.24) is 4.98 Å². The summed E-state index contributed by atoms with van der Waals surface area (Å²) in [5, 5.41) is 2.72. The van der Waals surface area contributed by atoms with Crippen LogP contribution in [0.4, 0.5) is 5.13 Å². The Hall–Kier alpha value is -2.40. The van der Waals surface area contributed by atoms with E-state index in [2.05, 4.69) is 24.3 Å². The summed E-state index contributed by atoms with van der Waals surface area (Å²) in [7, 11) is 0. The minimum absolute atomic E-state index is 0.156. The molecule has 0 bridgehead atoms. The zero-order chi connectivity index (χ0) is 18.6. The Morgan fingerprint density at radius 1 is 1.19 bits per heavy atom. The van der Waals surface area contributed by atoms with Gasteiger partial charge in [0.15, 0.2) is 10.9 Å². The van der Waals surface area contributed by atoms with E-state index in [0.29, 0.717) is 23.4 Å². The van der Waals surface area contributed by atoms with E-state index >= 15 is 0 Å². The van der Waals surface area contributed by atoms with Gasteiger partial charge < -0.3 is 4.42 Å². The predicted molar refractivity (Wildman–Crippen MR) is 109 cm³/mol. The molecule has 0 N–H and O–H groups in total. The van der Waals surface area contributed by atoms with Gasteiger partial charge in [0.2, 0.25) is 0 Å². The summed E-state index contributed by atoms with van der Waals surface area (Å²) in [6, 6.07) is 12.2. The largest absolute Gasteiger partial charge is 0.459 e. The maximum atomic E-state index is 12.6. The van der Waals surface area contributed by atoms with Crippen LogP contribution in [0.2, 0.25) is 0 Å². The second-order valence-corrected chi connectivity index (χ2v) is 7.84. The van der Waals surface area contributed by atoms with Crippen LogP contribution in [0.25, 0.3) is 11.3 Å². The summed E-state index contributed by atoms with van der Waals surface area (Å²) in [6.45, 7) is 2.49. The molecule has 0 atom stereocenters. The van der Waals surface area contributed by atoms with Crippen molar-refractivity contribution >= 4 is 22.4 Å². The first-order valence-corrected chi connectivity index (χ1v) is 10.6. The van der Waals surface area contributed by atoms with Crippen LogP contribution in [0.1, 0.15) is 61.1 Å². The molecule has 2 aromatic heterocycles. The Labute approximate surface area is 163 Å². The monoisotopic (exact) mass is 380 g/mol. The van der Waals surface area contributed by atoms with Gasteiger partial charge in [-0.15, -0.1) is 11.3 Å². The second kappa shape index (κ2) is 8.09. The van der Waals surface area contributed by atoms with Crippen LogP contribution < -0.4 is 4.90 Å². The average molecular weight is 381 g/mol. The van der Waals surface area contributed by atoms with Crippen LogP contribution in [-0.2, 0) is 0 Å². The molecule has 0 radical (unpaired) electrons. The van der Waals surface area contributed by atoms with Crippen molar-refractivity contribution in [3.05, 3.63) is 59.4 Å². The Morgan fingerprint density at radius 3 is 2.63 bits per heavy atom. The smallest absolute Gasteiger partial charge is 0.295 e. The fourth-order valence-corrected chi connectivity index (χ4v) is 4.68. The highest BCUT2D eigenvalue weighted by Crippen LogP contribution is 2.34. The molecule has 4 rings (SSSR count). The number of hydrogen-bond acceptors (Lipinski definition) is 4. The first-order valence-electron chi connectivity index (χ1n) is 9.67. The number of furan rings is 1. The molecule has 1 aromatic carbocycles. The molecule has 2 heterocycles. The molecule has 140 valence electrons. The Kier molecular flexibility index (Phi) is 5.39. The Morgan fingerprint density at radius 2 is 1.96 bits per heavy atom. The maximum absolute atomic E-state index is 12.6. The normalized spacial score (nSPS) is 15.0. The molecular formula is C22H24N2O2S. The van der Waals surface area contributed by atoms with Gasteiger partial charge in [-0.2, -0.15) is 0 Å². The summed E-state index contributed by atoms with van der Waals surface area (Å²) < 4.78 is 5.25. The van der Waals surface area contributed by atoms with Crippen LogP contribution >= 0.6 is 11.3 Å². The number of nitrogens with zero attached hydrogens (tertiary/aromatic N) is 2. The molecule has 0 aliphatic heterocycles. The van der Waals surface area contributed by atoms with E-state index in [0.717, 1.165) is 11.3 Å². The van der Waals surface area contributed by atoms with Crippen molar-refractivity contribution in [2.24, 2.45) is 0 Å². The summed E-state index contributed by atoms with van der Waals surface area (Å²) in [5.41, 5.74) is 3.45. The third-order valence-corrected chi connectivity index (χ3v) is 6.16. The van der Waals surface area contributed by atoms with E-state index in [9.17, 15) is 4.79 Å². The molecular weight excluding hydrogens is 356 g/mol. The lowest BCUT2D eigenvalue weighted by molar-refractivity contribution is 0.0961. The number of anilines is 1. The van der Waals surface area contributed by atoms with Crippen LogP contribution in [0.5, 0.6) is 0 Å². The molecule has 3 aromatic rings. The quantitative estimate of drug-likeness (QED) is 0.536. The number of carbonyl (C=O) groups excluding carboxylic acids is 1. The SMILES string of the molecule is CCN(C(=O)c1ccco1)c1nc(-c2ccc(C3CCCCC3)cc2)cs1. The standard InChI is InChI=1S/C22H24N2O2S/c1-2-24(21(25)20-9-6-14-26-20)22-23-19(15-27-22)18-12-10-17(11-13-18)16-7-4-3-5-8-16/h6,9-16H,2-5,7-8H2,1H3. The lowest BCUT2D eigenvalue weighted by Gasteiger charge is -2.22. The first-order chi connectivity index (χ1) is 13.3. The lowest BCUT2D eigenvalue weighted by Crippen LogP contribution is -2.30. The zero-order valence-corrected chi connectivity index (χ0v) is 16.4. The minimum Gasteiger partial charge on any atom is -0.459 e. The highest BCUT2D eigenvalue weighted by molar-refractivity contribution is 7.14.